The molecule has 2 amide bonds. The molecule has 35 heavy (non-hydrogen) atoms. The minimum absolute atomic E-state index is 0.0904. The van der Waals surface area contributed by atoms with Crippen LogP contribution in [0.3, 0.4) is 0 Å². The normalized spacial score (nSPS) is 15.6. The van der Waals surface area contributed by atoms with Crippen molar-refractivity contribution in [2.75, 3.05) is 12.4 Å². The fraction of sp³-hybridized carbons (Fsp3) is 0.231. The Kier molecular flexibility index (Phi) is 6.68. The molecule has 1 atom stereocenters. The van der Waals surface area contributed by atoms with E-state index >= 15 is 0 Å². The van der Waals surface area contributed by atoms with Gasteiger partial charge in [0.2, 0.25) is 0 Å². The second kappa shape index (κ2) is 9.69. The van der Waals surface area contributed by atoms with Gasteiger partial charge in [-0.25, -0.2) is 0 Å². The number of methoxy groups -OCH3 is 1. The van der Waals surface area contributed by atoms with Gasteiger partial charge in [0.05, 0.1) is 12.7 Å². The molecule has 0 bridgehead atoms. The van der Waals surface area contributed by atoms with Crippen molar-refractivity contribution in [1.82, 2.24) is 4.90 Å². The Labute approximate surface area is 200 Å². The van der Waals surface area contributed by atoms with Gasteiger partial charge in [-0.15, -0.1) is 0 Å². The van der Waals surface area contributed by atoms with Crippen molar-refractivity contribution in [2.45, 2.75) is 32.3 Å². The Hall–Kier alpha value is -4.01. The van der Waals surface area contributed by atoms with Crippen LogP contribution in [0.5, 0.6) is 11.5 Å². The molecule has 6 nitrogen and oxygen atoms in total. The van der Waals surface area contributed by atoms with Gasteiger partial charge in [0.15, 0.2) is 6.10 Å². The Morgan fingerprint density at radius 3 is 2.54 bits per heavy atom. The Bertz CT molecular complexity index is 1240. The fourth-order valence-electron chi connectivity index (χ4n) is 3.82. The van der Waals surface area contributed by atoms with Crippen LogP contribution in [0, 0.1) is 0 Å². The summed E-state index contributed by atoms with van der Waals surface area (Å²) >= 11 is 0. The highest BCUT2D eigenvalue weighted by Crippen LogP contribution is 2.31. The summed E-state index contributed by atoms with van der Waals surface area (Å²) in [6.07, 6.45) is -5.17. The molecular weight excluding hydrogens is 461 g/mol. The molecule has 0 radical (unpaired) electrons. The summed E-state index contributed by atoms with van der Waals surface area (Å²) in [6.45, 7) is 2.27. The van der Waals surface area contributed by atoms with Gasteiger partial charge in [-0.3, -0.25) is 9.59 Å². The molecule has 4 rings (SSSR count). The summed E-state index contributed by atoms with van der Waals surface area (Å²) in [6, 6.07) is 16.4. The predicted octanol–water partition coefficient (Wildman–Crippen LogP) is 5.28. The van der Waals surface area contributed by atoms with E-state index in [0.29, 0.717) is 29.3 Å². The molecule has 0 spiro atoms. The van der Waals surface area contributed by atoms with Gasteiger partial charge >= 0.3 is 6.18 Å². The van der Waals surface area contributed by atoms with Crippen molar-refractivity contribution in [3.05, 3.63) is 89.0 Å². The average molecular weight is 484 g/mol. The molecule has 1 heterocycles. The maximum atomic E-state index is 12.9. The van der Waals surface area contributed by atoms with E-state index in [0.717, 1.165) is 29.8 Å². The number of fused-ring (bicyclic) bond motifs is 1. The van der Waals surface area contributed by atoms with Gasteiger partial charge in [0.1, 0.15) is 11.5 Å². The second-order valence-electron chi connectivity index (χ2n) is 8.16. The molecule has 9 heteroatoms. The topological polar surface area (TPSA) is 67.9 Å². The van der Waals surface area contributed by atoms with Gasteiger partial charge in [0.25, 0.3) is 11.8 Å². The average Bonchev–Trinajstić information content (AvgIpc) is 2.94. The quantitative estimate of drug-likeness (QED) is 0.536. The van der Waals surface area contributed by atoms with Gasteiger partial charge in [0, 0.05) is 29.9 Å². The molecule has 1 N–H and O–H groups in total. The molecule has 0 aliphatic carbocycles. The van der Waals surface area contributed by atoms with E-state index in [1.54, 1.807) is 37.1 Å². The molecule has 1 aliphatic heterocycles. The summed E-state index contributed by atoms with van der Waals surface area (Å²) in [4.78, 5) is 27.2. The van der Waals surface area contributed by atoms with Crippen LogP contribution in [0.25, 0.3) is 0 Å². The van der Waals surface area contributed by atoms with Crippen molar-refractivity contribution in [3.63, 3.8) is 0 Å². The van der Waals surface area contributed by atoms with Crippen LogP contribution < -0.4 is 14.8 Å². The summed E-state index contributed by atoms with van der Waals surface area (Å²) in [5, 5.41) is 2.69. The molecule has 182 valence electrons. The maximum Gasteiger partial charge on any atom is 0.416 e. The van der Waals surface area contributed by atoms with Crippen LogP contribution in [-0.4, -0.2) is 29.9 Å². The second-order valence-corrected chi connectivity index (χ2v) is 8.16. The van der Waals surface area contributed by atoms with E-state index in [1.165, 1.54) is 0 Å². The summed E-state index contributed by atoms with van der Waals surface area (Å²) in [7, 11) is 1.57. The molecule has 0 fully saturated rings. The number of nitrogens with one attached hydrogen (secondary N) is 1. The lowest BCUT2D eigenvalue weighted by Gasteiger charge is -2.22. The zero-order valence-corrected chi connectivity index (χ0v) is 19.1. The number of hydrogen-bond donors (Lipinski definition) is 1. The van der Waals surface area contributed by atoms with Gasteiger partial charge in [-0.05, 0) is 67.1 Å². The first kappa shape index (κ1) is 24.1. The standard InChI is InChI=1S/C26H23F3N2O4/c1-16-25(33)31(14-17-4-3-5-22(12-17)34-2)15-19-13-21(10-11-23(19)35-16)30-24(32)18-6-8-20(9-7-18)26(27,28)29/h3-13,16H,14-15H2,1-2H3,(H,30,32)/t16-/m1/s1. The highest BCUT2D eigenvalue weighted by molar-refractivity contribution is 6.04. The monoisotopic (exact) mass is 484 g/mol. The first-order valence-electron chi connectivity index (χ1n) is 10.8. The lowest BCUT2D eigenvalue weighted by atomic mass is 10.1. The van der Waals surface area contributed by atoms with Crippen molar-refractivity contribution in [2.24, 2.45) is 0 Å². The molecule has 3 aromatic rings. The molecule has 0 saturated heterocycles. The van der Waals surface area contributed by atoms with E-state index < -0.39 is 23.8 Å². The number of nitrogens with zero attached hydrogens (tertiary/aromatic N) is 1. The first-order chi connectivity index (χ1) is 16.6. The van der Waals surface area contributed by atoms with E-state index in [4.69, 9.17) is 9.47 Å². The molecular formula is C26H23F3N2O4. The zero-order valence-electron chi connectivity index (χ0n) is 19.1. The lowest BCUT2D eigenvalue weighted by molar-refractivity contribution is -0.138. The third-order valence-electron chi connectivity index (χ3n) is 5.62. The van der Waals surface area contributed by atoms with Crippen molar-refractivity contribution >= 4 is 17.5 Å². The number of carbonyl (C=O) groups is 2. The van der Waals surface area contributed by atoms with Crippen molar-refractivity contribution in [3.8, 4) is 11.5 Å². The number of carbonyl (C=O) groups excluding carboxylic acids is 2. The molecule has 0 unspecified atom stereocenters. The molecule has 3 aromatic carbocycles. The predicted molar refractivity (Wildman–Crippen MR) is 123 cm³/mol. The minimum atomic E-state index is -4.47. The number of amides is 2. The van der Waals surface area contributed by atoms with Crippen molar-refractivity contribution in [1.29, 1.82) is 0 Å². The first-order valence-corrected chi connectivity index (χ1v) is 10.8. The number of benzene rings is 3. The highest BCUT2D eigenvalue weighted by Gasteiger charge is 2.30. The third kappa shape index (κ3) is 5.56. The van der Waals surface area contributed by atoms with E-state index in [2.05, 4.69) is 5.32 Å². The largest absolute Gasteiger partial charge is 0.497 e. The molecule has 0 aromatic heterocycles. The summed E-state index contributed by atoms with van der Waals surface area (Å²) in [5.74, 6) is 0.472. The zero-order chi connectivity index (χ0) is 25.2. The van der Waals surface area contributed by atoms with Crippen molar-refractivity contribution < 1.29 is 32.2 Å². The van der Waals surface area contributed by atoms with Gasteiger partial charge < -0.3 is 19.7 Å². The van der Waals surface area contributed by atoms with Gasteiger partial charge in [-0.2, -0.15) is 13.2 Å². The summed E-state index contributed by atoms with van der Waals surface area (Å²) < 4.78 is 49.4. The smallest absolute Gasteiger partial charge is 0.416 e. The number of halogens is 3. The van der Waals surface area contributed by atoms with E-state index in [1.807, 2.05) is 24.3 Å². The molecule has 1 aliphatic rings. The number of alkyl halides is 3. The molecule has 0 saturated carbocycles. The van der Waals surface area contributed by atoms with E-state index in [-0.39, 0.29) is 18.0 Å². The van der Waals surface area contributed by atoms with Crippen LogP contribution in [0.2, 0.25) is 0 Å². The van der Waals surface area contributed by atoms with E-state index in [9.17, 15) is 22.8 Å². The fourth-order valence-corrected chi connectivity index (χ4v) is 3.82. The van der Waals surface area contributed by atoms with Crippen LogP contribution in [0.4, 0.5) is 18.9 Å². The lowest BCUT2D eigenvalue weighted by Crippen LogP contribution is -2.37. The third-order valence-corrected chi connectivity index (χ3v) is 5.62. The van der Waals surface area contributed by atoms with Crippen LogP contribution in [0.1, 0.15) is 34.0 Å². The summed E-state index contributed by atoms with van der Waals surface area (Å²) in [5.41, 5.74) is 1.27. The van der Waals surface area contributed by atoms with Crippen LogP contribution >= 0.6 is 0 Å². The number of hydrogen-bond acceptors (Lipinski definition) is 4. The maximum absolute atomic E-state index is 12.9. The minimum Gasteiger partial charge on any atom is -0.497 e. The van der Waals surface area contributed by atoms with Crippen LogP contribution in [0.15, 0.2) is 66.7 Å². The number of rotatable bonds is 5. The van der Waals surface area contributed by atoms with Crippen LogP contribution in [-0.2, 0) is 24.1 Å². The highest BCUT2D eigenvalue weighted by atomic mass is 19.4. The SMILES string of the molecule is COc1cccc(CN2Cc3cc(NC(=O)c4ccc(C(F)(F)F)cc4)ccc3O[C@H](C)C2=O)c1. The Balaban J connectivity index is 1.53. The Morgan fingerprint density at radius 2 is 1.86 bits per heavy atom. The number of ether oxygens (including phenoxy) is 2. The number of anilines is 1. The van der Waals surface area contributed by atoms with Gasteiger partial charge in [-0.1, -0.05) is 12.1 Å². The Morgan fingerprint density at radius 1 is 1.11 bits per heavy atom.